The molecule has 0 saturated carbocycles. The Morgan fingerprint density at radius 1 is 1.15 bits per heavy atom. The highest BCUT2D eigenvalue weighted by atomic mass is 32.2. The number of carbonyl (C=O) groups is 2. The summed E-state index contributed by atoms with van der Waals surface area (Å²) < 4.78 is 30.2. The van der Waals surface area contributed by atoms with Crippen LogP contribution in [0.3, 0.4) is 0 Å². The summed E-state index contributed by atoms with van der Waals surface area (Å²) in [5, 5.41) is 3.06. The number of carbonyl (C=O) groups excluding carboxylic acids is 2. The number of hydrogen-bond donors (Lipinski definition) is 1. The van der Waals surface area contributed by atoms with Gasteiger partial charge in [-0.3, -0.25) is 9.59 Å². The first-order valence-corrected chi connectivity index (χ1v) is 9.27. The molecule has 1 saturated heterocycles. The van der Waals surface area contributed by atoms with Crippen molar-refractivity contribution in [2.45, 2.75) is 30.0 Å². The summed E-state index contributed by atoms with van der Waals surface area (Å²) in [6, 6.07) is 12.4. The first kappa shape index (κ1) is 19.2. The van der Waals surface area contributed by atoms with Crippen molar-refractivity contribution in [3.63, 3.8) is 0 Å². The van der Waals surface area contributed by atoms with Crippen molar-refractivity contribution in [2.24, 2.45) is 0 Å². The highest BCUT2D eigenvalue weighted by Gasteiger charge is 2.39. The van der Waals surface area contributed by atoms with Crippen molar-refractivity contribution >= 4 is 35.0 Å². The molecule has 1 N–H and O–H groups in total. The maximum absolute atomic E-state index is 12.6. The fourth-order valence-corrected chi connectivity index (χ4v) is 3.31. The Hall–Kier alpha value is -2.61. The molecule has 0 aromatic heterocycles. The minimum absolute atomic E-state index is 0.0274. The summed E-state index contributed by atoms with van der Waals surface area (Å²) in [7, 11) is 0. The summed E-state index contributed by atoms with van der Waals surface area (Å²) in [4.78, 5) is 26.4. The van der Waals surface area contributed by atoms with Crippen molar-refractivity contribution in [1.82, 2.24) is 0 Å². The zero-order chi connectivity index (χ0) is 19.4. The molecule has 142 valence electrons. The normalized spacial score (nSPS) is 16.9. The lowest BCUT2D eigenvalue weighted by Crippen LogP contribution is -2.34. The van der Waals surface area contributed by atoms with E-state index in [9.17, 15) is 18.4 Å². The van der Waals surface area contributed by atoms with Crippen molar-refractivity contribution in [1.29, 1.82) is 0 Å². The fourth-order valence-electron chi connectivity index (χ4n) is 2.81. The van der Waals surface area contributed by atoms with E-state index in [4.69, 9.17) is 4.74 Å². The van der Waals surface area contributed by atoms with E-state index in [-0.39, 0.29) is 18.2 Å². The third-order valence-electron chi connectivity index (χ3n) is 3.97. The van der Waals surface area contributed by atoms with Gasteiger partial charge in [-0.2, -0.15) is 8.78 Å². The van der Waals surface area contributed by atoms with Crippen LogP contribution >= 0.6 is 11.8 Å². The molecule has 1 heterocycles. The van der Waals surface area contributed by atoms with Gasteiger partial charge in [-0.1, -0.05) is 11.8 Å². The lowest BCUT2D eigenvalue weighted by Gasteiger charge is -2.16. The Morgan fingerprint density at radius 3 is 2.41 bits per heavy atom. The third-order valence-corrected chi connectivity index (χ3v) is 4.70. The van der Waals surface area contributed by atoms with E-state index in [2.05, 4.69) is 5.32 Å². The number of imide groups is 1. The summed E-state index contributed by atoms with van der Waals surface area (Å²) in [5.74, 6) is -2.50. The predicted octanol–water partition coefficient (Wildman–Crippen LogP) is 4.14. The Bertz CT molecular complexity index is 813. The van der Waals surface area contributed by atoms with Crippen molar-refractivity contribution < 1.29 is 23.1 Å². The van der Waals surface area contributed by atoms with Gasteiger partial charge in [0.15, 0.2) is 0 Å². The van der Waals surface area contributed by atoms with Gasteiger partial charge in [-0.05, 0) is 55.5 Å². The number of thioether (sulfide) groups is 1. The van der Waals surface area contributed by atoms with Crippen molar-refractivity contribution in [3.05, 3.63) is 48.5 Å². The van der Waals surface area contributed by atoms with Gasteiger partial charge in [-0.15, -0.1) is 0 Å². The zero-order valence-electron chi connectivity index (χ0n) is 14.5. The molecule has 2 aromatic rings. The smallest absolute Gasteiger partial charge is 0.288 e. The molecule has 1 fully saturated rings. The summed E-state index contributed by atoms with van der Waals surface area (Å²) >= 11 is 0.414. The molecule has 0 aliphatic carbocycles. The number of rotatable bonds is 7. The standard InChI is InChI=1S/C19H18F2N2O3S/c1-2-26-14-7-3-12(4-8-14)22-16-11-17(24)23(18(16)25)13-5-9-15(10-6-13)27-19(20)21/h3-10,16,19,22H,2,11H2,1H3/t16-/m0/s1. The van der Waals surface area contributed by atoms with Crippen molar-refractivity contribution in [2.75, 3.05) is 16.8 Å². The molecule has 0 unspecified atom stereocenters. The van der Waals surface area contributed by atoms with E-state index < -0.39 is 11.8 Å². The topological polar surface area (TPSA) is 58.6 Å². The van der Waals surface area contributed by atoms with E-state index in [1.165, 1.54) is 24.3 Å². The van der Waals surface area contributed by atoms with Crippen LogP contribution < -0.4 is 15.0 Å². The van der Waals surface area contributed by atoms with Crippen LogP contribution in [0.5, 0.6) is 5.75 Å². The quantitative estimate of drug-likeness (QED) is 0.567. The Kier molecular flexibility index (Phi) is 5.95. The summed E-state index contributed by atoms with van der Waals surface area (Å²) in [6.45, 7) is 2.45. The number of nitrogens with zero attached hydrogens (tertiary/aromatic N) is 1. The first-order chi connectivity index (χ1) is 13.0. The number of anilines is 2. The largest absolute Gasteiger partial charge is 0.494 e. The second kappa shape index (κ2) is 8.39. The average Bonchev–Trinajstić information content (AvgIpc) is 2.91. The molecule has 1 aliphatic rings. The van der Waals surface area contributed by atoms with Crippen LogP contribution in [0.25, 0.3) is 0 Å². The van der Waals surface area contributed by atoms with Crippen LogP contribution in [0, 0.1) is 0 Å². The van der Waals surface area contributed by atoms with Gasteiger partial charge in [0.2, 0.25) is 5.91 Å². The highest BCUT2D eigenvalue weighted by molar-refractivity contribution is 7.99. The molecule has 2 aromatic carbocycles. The Labute approximate surface area is 159 Å². The number of nitrogens with one attached hydrogen (secondary N) is 1. The van der Waals surface area contributed by atoms with Crippen LogP contribution in [0.1, 0.15) is 13.3 Å². The maximum atomic E-state index is 12.6. The Morgan fingerprint density at radius 2 is 1.81 bits per heavy atom. The third kappa shape index (κ3) is 4.57. The molecule has 3 rings (SSSR count). The number of halogens is 2. The van der Waals surface area contributed by atoms with Gasteiger partial charge in [0.05, 0.1) is 18.7 Å². The lowest BCUT2D eigenvalue weighted by atomic mass is 10.2. The second-order valence-corrected chi connectivity index (χ2v) is 6.86. The molecule has 0 spiro atoms. The van der Waals surface area contributed by atoms with Crippen LogP contribution in [-0.4, -0.2) is 30.2 Å². The highest BCUT2D eigenvalue weighted by Crippen LogP contribution is 2.30. The predicted molar refractivity (Wildman–Crippen MR) is 100 cm³/mol. The number of benzene rings is 2. The minimum Gasteiger partial charge on any atom is -0.494 e. The number of hydrogen-bond acceptors (Lipinski definition) is 5. The zero-order valence-corrected chi connectivity index (χ0v) is 15.3. The van der Waals surface area contributed by atoms with E-state index in [1.807, 2.05) is 6.92 Å². The van der Waals surface area contributed by atoms with Gasteiger partial charge in [-0.25, -0.2) is 4.90 Å². The average molecular weight is 392 g/mol. The number of ether oxygens (including phenoxy) is 1. The van der Waals surface area contributed by atoms with Gasteiger partial charge < -0.3 is 10.1 Å². The van der Waals surface area contributed by atoms with E-state index in [1.54, 1.807) is 24.3 Å². The molecule has 5 nitrogen and oxygen atoms in total. The SMILES string of the molecule is CCOc1ccc(N[C@H]2CC(=O)N(c3ccc(SC(F)F)cc3)C2=O)cc1. The molecular formula is C19H18F2N2O3S. The van der Waals surface area contributed by atoms with E-state index >= 15 is 0 Å². The van der Waals surface area contributed by atoms with Crippen molar-refractivity contribution in [3.8, 4) is 5.75 Å². The van der Waals surface area contributed by atoms with Crippen LogP contribution in [0.4, 0.5) is 20.2 Å². The molecule has 0 radical (unpaired) electrons. The fraction of sp³-hybridized carbons (Fsp3) is 0.263. The van der Waals surface area contributed by atoms with Gasteiger partial charge >= 0.3 is 0 Å². The van der Waals surface area contributed by atoms with E-state index in [0.29, 0.717) is 34.6 Å². The molecule has 1 atom stereocenters. The monoisotopic (exact) mass is 392 g/mol. The molecule has 2 amide bonds. The molecule has 27 heavy (non-hydrogen) atoms. The lowest BCUT2D eigenvalue weighted by molar-refractivity contribution is -0.121. The number of alkyl halides is 2. The van der Waals surface area contributed by atoms with Gasteiger partial charge in [0, 0.05) is 10.6 Å². The maximum Gasteiger partial charge on any atom is 0.288 e. The van der Waals surface area contributed by atoms with Gasteiger partial charge in [0.25, 0.3) is 11.7 Å². The second-order valence-electron chi connectivity index (χ2n) is 5.80. The summed E-state index contributed by atoms with van der Waals surface area (Å²) in [6.07, 6.45) is 0.0274. The van der Waals surface area contributed by atoms with Crippen LogP contribution in [0.15, 0.2) is 53.4 Å². The molecule has 8 heteroatoms. The molecule has 1 aliphatic heterocycles. The molecular weight excluding hydrogens is 374 g/mol. The first-order valence-electron chi connectivity index (χ1n) is 8.39. The van der Waals surface area contributed by atoms with Crippen LogP contribution in [-0.2, 0) is 9.59 Å². The van der Waals surface area contributed by atoms with Crippen LogP contribution in [0.2, 0.25) is 0 Å². The van der Waals surface area contributed by atoms with E-state index in [0.717, 1.165) is 10.6 Å². The van der Waals surface area contributed by atoms with Gasteiger partial charge in [0.1, 0.15) is 11.8 Å². The summed E-state index contributed by atoms with van der Waals surface area (Å²) in [5.41, 5.74) is 1.08. The molecule has 0 bridgehead atoms. The number of amides is 2. The minimum atomic E-state index is -2.52. The Balaban J connectivity index is 1.69.